The van der Waals surface area contributed by atoms with Crippen LogP contribution < -0.4 is 9.47 Å². The first-order valence-corrected chi connectivity index (χ1v) is 12.1. The number of benzene rings is 2. The van der Waals surface area contributed by atoms with Gasteiger partial charge in [0.25, 0.3) is 0 Å². The molecule has 0 spiro atoms. The molecule has 0 aromatic heterocycles. The smallest absolute Gasteiger partial charge is 0.229 e. The number of methoxy groups -OCH3 is 1. The van der Waals surface area contributed by atoms with Gasteiger partial charge in [-0.05, 0) is 55.2 Å². The lowest BCUT2D eigenvalue weighted by Crippen LogP contribution is -2.41. The molecule has 182 valence electrons. The molecule has 2 fully saturated rings. The summed E-state index contributed by atoms with van der Waals surface area (Å²) in [6.07, 6.45) is 3.98. The van der Waals surface area contributed by atoms with E-state index in [4.69, 9.17) is 21.1 Å². The molecule has 0 N–H and O–H groups in total. The molecule has 2 aromatic carbocycles. The van der Waals surface area contributed by atoms with Crippen molar-refractivity contribution in [2.75, 3.05) is 20.3 Å². The van der Waals surface area contributed by atoms with Crippen molar-refractivity contribution in [1.29, 1.82) is 0 Å². The van der Waals surface area contributed by atoms with Crippen molar-refractivity contribution in [1.82, 2.24) is 9.80 Å². The zero-order valence-electron chi connectivity index (χ0n) is 19.6. The number of amides is 2. The van der Waals surface area contributed by atoms with Crippen LogP contribution in [0.15, 0.2) is 36.4 Å². The van der Waals surface area contributed by atoms with E-state index in [1.807, 2.05) is 24.3 Å². The molecule has 2 amide bonds. The normalized spacial score (nSPS) is 17.3. The number of imide groups is 1. The van der Waals surface area contributed by atoms with Gasteiger partial charge in [0.1, 0.15) is 12.4 Å². The van der Waals surface area contributed by atoms with Crippen LogP contribution in [0.5, 0.6) is 11.5 Å². The van der Waals surface area contributed by atoms with Crippen LogP contribution in [-0.4, -0.2) is 47.9 Å². The molecule has 0 bridgehead atoms. The number of nitrogens with zero attached hydrogens (tertiary/aromatic N) is 2. The molecule has 2 aliphatic rings. The average Bonchev–Trinajstić information content (AvgIpc) is 3.11. The van der Waals surface area contributed by atoms with Gasteiger partial charge in [-0.25, -0.2) is 4.39 Å². The second kappa shape index (κ2) is 10.7. The molecule has 6 nitrogen and oxygen atoms in total. The van der Waals surface area contributed by atoms with E-state index >= 15 is 0 Å². The fourth-order valence-electron chi connectivity index (χ4n) is 4.52. The molecule has 1 saturated heterocycles. The van der Waals surface area contributed by atoms with Crippen molar-refractivity contribution >= 4 is 23.4 Å². The van der Waals surface area contributed by atoms with Gasteiger partial charge in [-0.15, -0.1) is 0 Å². The molecule has 1 aliphatic carbocycles. The first-order chi connectivity index (χ1) is 16.4. The molecule has 0 radical (unpaired) electrons. The van der Waals surface area contributed by atoms with Gasteiger partial charge >= 0.3 is 0 Å². The van der Waals surface area contributed by atoms with Crippen LogP contribution in [-0.2, 0) is 16.1 Å². The van der Waals surface area contributed by atoms with E-state index in [0.29, 0.717) is 24.1 Å². The Labute approximate surface area is 204 Å². The summed E-state index contributed by atoms with van der Waals surface area (Å²) >= 11 is 5.88. The highest BCUT2D eigenvalue weighted by Crippen LogP contribution is 2.36. The molecule has 8 heteroatoms. The molecule has 34 heavy (non-hydrogen) atoms. The topological polar surface area (TPSA) is 59.1 Å². The minimum atomic E-state index is -0.403. The van der Waals surface area contributed by atoms with Crippen LogP contribution in [0.1, 0.15) is 56.2 Å². The lowest BCUT2D eigenvalue weighted by Gasteiger charge is -2.41. The van der Waals surface area contributed by atoms with Gasteiger partial charge < -0.3 is 9.47 Å². The molecular formula is C26H30ClFN2O4. The molecule has 1 aliphatic heterocycles. The average molecular weight is 489 g/mol. The Balaban J connectivity index is 1.45. The summed E-state index contributed by atoms with van der Waals surface area (Å²) in [6, 6.07) is 11.3. The van der Waals surface area contributed by atoms with Gasteiger partial charge in [0.2, 0.25) is 11.8 Å². The summed E-state index contributed by atoms with van der Waals surface area (Å²) < 4.78 is 25.5. The fraction of sp³-hybridized carbons (Fsp3) is 0.462. The van der Waals surface area contributed by atoms with Crippen LogP contribution in [0, 0.1) is 5.82 Å². The summed E-state index contributed by atoms with van der Waals surface area (Å²) in [5, 5.41) is 0.130. The fourth-order valence-corrected chi connectivity index (χ4v) is 4.64. The lowest BCUT2D eigenvalue weighted by molar-refractivity contribution is -0.138. The summed E-state index contributed by atoms with van der Waals surface area (Å²) in [5.41, 5.74) is 1.95. The Morgan fingerprint density at radius 1 is 1.12 bits per heavy atom. The van der Waals surface area contributed by atoms with Gasteiger partial charge in [0, 0.05) is 31.5 Å². The Kier molecular flexibility index (Phi) is 7.73. The summed E-state index contributed by atoms with van der Waals surface area (Å²) in [7, 11) is 1.59. The second-order valence-corrected chi connectivity index (χ2v) is 9.29. The lowest BCUT2D eigenvalue weighted by atomic mass is 9.89. The van der Waals surface area contributed by atoms with Crippen molar-refractivity contribution in [3.8, 4) is 11.5 Å². The van der Waals surface area contributed by atoms with Crippen LogP contribution in [0.25, 0.3) is 0 Å². The number of hydrogen-bond acceptors (Lipinski definition) is 5. The van der Waals surface area contributed by atoms with E-state index < -0.39 is 5.82 Å². The highest BCUT2D eigenvalue weighted by atomic mass is 35.5. The Bertz CT molecular complexity index is 1040. The Morgan fingerprint density at radius 3 is 2.47 bits per heavy atom. The van der Waals surface area contributed by atoms with E-state index in [-0.39, 0.29) is 48.9 Å². The van der Waals surface area contributed by atoms with E-state index in [9.17, 15) is 14.0 Å². The number of halogens is 2. The molecular weight excluding hydrogens is 459 g/mol. The Hall–Kier alpha value is -2.64. The minimum Gasteiger partial charge on any atom is -0.493 e. The predicted molar refractivity (Wildman–Crippen MR) is 127 cm³/mol. The highest BCUT2D eigenvalue weighted by Gasteiger charge is 2.30. The SMILES string of the molecule is COc1cc(CN(C2CCC2)[C@H](C)c2ccc(Cl)c(F)c2)ccc1OCCN1C(=O)CCC1=O. The monoisotopic (exact) mass is 488 g/mol. The molecule has 1 saturated carbocycles. The van der Waals surface area contributed by atoms with E-state index in [1.165, 1.54) is 17.4 Å². The van der Waals surface area contributed by atoms with Gasteiger partial charge in [-0.3, -0.25) is 19.4 Å². The maximum atomic E-state index is 14.1. The molecule has 4 rings (SSSR count). The molecule has 2 aromatic rings. The second-order valence-electron chi connectivity index (χ2n) is 8.88. The van der Waals surface area contributed by atoms with E-state index in [0.717, 1.165) is 24.0 Å². The standard InChI is InChI=1S/C26H30ClFN2O4/c1-17(19-7-8-21(27)22(28)15-19)30(20-4-3-5-20)16-18-6-9-23(24(14-18)33-2)34-13-12-29-25(31)10-11-26(29)32/h6-9,14-15,17,20H,3-5,10-13,16H2,1-2H3/t17-/m1/s1. The number of rotatable bonds is 10. The van der Waals surface area contributed by atoms with Crippen LogP contribution in [0.4, 0.5) is 4.39 Å². The summed E-state index contributed by atoms with van der Waals surface area (Å²) in [6.45, 7) is 3.22. The summed E-state index contributed by atoms with van der Waals surface area (Å²) in [4.78, 5) is 27.2. The third-order valence-corrected chi connectivity index (χ3v) is 7.09. The van der Waals surface area contributed by atoms with Crippen LogP contribution in [0.3, 0.4) is 0 Å². The Morgan fingerprint density at radius 2 is 1.85 bits per heavy atom. The van der Waals surface area contributed by atoms with Gasteiger partial charge in [0.15, 0.2) is 11.5 Å². The first-order valence-electron chi connectivity index (χ1n) is 11.7. The van der Waals surface area contributed by atoms with Crippen LogP contribution >= 0.6 is 11.6 Å². The highest BCUT2D eigenvalue weighted by molar-refractivity contribution is 6.30. The minimum absolute atomic E-state index is 0.0227. The van der Waals surface area contributed by atoms with Crippen molar-refractivity contribution in [3.63, 3.8) is 0 Å². The van der Waals surface area contributed by atoms with Crippen molar-refractivity contribution in [2.24, 2.45) is 0 Å². The van der Waals surface area contributed by atoms with Gasteiger partial charge in [0.05, 0.1) is 18.7 Å². The van der Waals surface area contributed by atoms with Crippen molar-refractivity contribution in [2.45, 2.75) is 57.7 Å². The zero-order valence-corrected chi connectivity index (χ0v) is 20.3. The zero-order chi connectivity index (χ0) is 24.2. The quantitative estimate of drug-likeness (QED) is 0.434. The maximum absolute atomic E-state index is 14.1. The van der Waals surface area contributed by atoms with Crippen molar-refractivity contribution < 1.29 is 23.5 Å². The summed E-state index contributed by atoms with van der Waals surface area (Å²) in [5.74, 6) is 0.451. The maximum Gasteiger partial charge on any atom is 0.229 e. The number of carbonyl (C=O) groups excluding carboxylic acids is 2. The van der Waals surface area contributed by atoms with E-state index in [2.05, 4.69) is 11.8 Å². The molecule has 0 unspecified atom stereocenters. The number of ether oxygens (including phenoxy) is 2. The predicted octanol–water partition coefficient (Wildman–Crippen LogP) is 5.13. The third kappa shape index (κ3) is 5.36. The van der Waals surface area contributed by atoms with Gasteiger partial charge in [-0.1, -0.05) is 30.2 Å². The van der Waals surface area contributed by atoms with Gasteiger partial charge in [-0.2, -0.15) is 0 Å². The van der Waals surface area contributed by atoms with Crippen LogP contribution in [0.2, 0.25) is 5.02 Å². The largest absolute Gasteiger partial charge is 0.493 e. The molecule has 1 atom stereocenters. The molecule has 1 heterocycles. The van der Waals surface area contributed by atoms with E-state index in [1.54, 1.807) is 13.2 Å². The number of carbonyl (C=O) groups is 2. The first kappa shape index (κ1) is 24.5. The number of likely N-dealkylation sites (tertiary alicyclic amines) is 1. The van der Waals surface area contributed by atoms with Crippen molar-refractivity contribution in [3.05, 3.63) is 58.4 Å². The number of hydrogen-bond donors (Lipinski definition) is 0. The third-order valence-electron chi connectivity index (χ3n) is 6.79.